The average molecular weight is 206 g/mol. The number of Topliss-reactive ketones (excluding diaryl/α,β-unsaturated/α-hetero) is 1. The van der Waals surface area contributed by atoms with E-state index in [1.165, 1.54) is 0 Å². The molecule has 0 spiro atoms. The number of carbonyl (C=O) groups is 1. The fourth-order valence-electron chi connectivity index (χ4n) is 0.816. The second-order valence-electron chi connectivity index (χ2n) is 2.40. The van der Waals surface area contributed by atoms with Crippen LogP contribution in [0.2, 0.25) is 0 Å². The third-order valence-electron chi connectivity index (χ3n) is 1.49. The van der Waals surface area contributed by atoms with Crippen LogP contribution in [-0.2, 0) is 6.54 Å². The number of hydrogen-bond acceptors (Lipinski definition) is 4. The van der Waals surface area contributed by atoms with Crippen molar-refractivity contribution in [2.45, 2.75) is 19.9 Å². The van der Waals surface area contributed by atoms with Crippen LogP contribution in [-0.4, -0.2) is 17.2 Å². The van der Waals surface area contributed by atoms with Crippen molar-refractivity contribution in [3.63, 3.8) is 0 Å². The predicted octanol–water partition coefficient (Wildman–Crippen LogP) is 1.36. The van der Waals surface area contributed by atoms with Gasteiger partial charge in [0.2, 0.25) is 0 Å². The first-order chi connectivity index (χ1) is 6.06. The Bertz CT molecular complexity index is 324. The lowest BCUT2D eigenvalue weighted by Crippen LogP contribution is -2.09. The monoisotopic (exact) mass is 206 g/mol. The lowest BCUT2D eigenvalue weighted by atomic mass is 10.4. The fraction of sp³-hybridized carbons (Fsp3) is 0.429. The van der Waals surface area contributed by atoms with E-state index < -0.39 is 12.2 Å². The molecule has 0 fully saturated rings. The SMILES string of the molecule is Cc1nc(C(=O)C(F)F)sc1CN. The smallest absolute Gasteiger partial charge is 0.303 e. The Morgan fingerprint density at radius 2 is 2.31 bits per heavy atom. The highest BCUT2D eigenvalue weighted by atomic mass is 32.1. The van der Waals surface area contributed by atoms with Crippen molar-refractivity contribution in [3.8, 4) is 0 Å². The molecule has 0 bridgehead atoms. The summed E-state index contributed by atoms with van der Waals surface area (Å²) in [5.41, 5.74) is 5.86. The maximum atomic E-state index is 11.9. The fourth-order valence-corrected chi connectivity index (χ4v) is 1.70. The van der Waals surface area contributed by atoms with Crippen LogP contribution in [0.15, 0.2) is 0 Å². The normalized spacial score (nSPS) is 10.8. The first-order valence-corrected chi connectivity index (χ1v) is 4.36. The quantitative estimate of drug-likeness (QED) is 0.759. The Morgan fingerprint density at radius 1 is 1.69 bits per heavy atom. The molecule has 0 saturated heterocycles. The molecule has 2 N–H and O–H groups in total. The van der Waals surface area contributed by atoms with E-state index in [0.717, 1.165) is 11.3 Å². The Balaban J connectivity index is 2.97. The zero-order valence-corrected chi connectivity index (χ0v) is 7.70. The summed E-state index contributed by atoms with van der Waals surface area (Å²) in [5.74, 6) is -1.23. The van der Waals surface area contributed by atoms with Gasteiger partial charge in [0, 0.05) is 11.4 Å². The van der Waals surface area contributed by atoms with E-state index in [2.05, 4.69) is 4.98 Å². The Kier molecular flexibility index (Phi) is 3.05. The number of halogens is 2. The number of nitrogens with two attached hydrogens (primary N) is 1. The van der Waals surface area contributed by atoms with Gasteiger partial charge in [-0.1, -0.05) is 0 Å². The van der Waals surface area contributed by atoms with Crippen LogP contribution in [0.1, 0.15) is 20.4 Å². The Hall–Kier alpha value is -0.880. The number of thiazole rings is 1. The van der Waals surface area contributed by atoms with Crippen LogP contribution in [0.3, 0.4) is 0 Å². The largest absolute Gasteiger partial charge is 0.326 e. The molecule has 1 aromatic heterocycles. The zero-order valence-electron chi connectivity index (χ0n) is 6.88. The maximum Gasteiger partial charge on any atom is 0.303 e. The van der Waals surface area contributed by atoms with E-state index in [4.69, 9.17) is 5.73 Å². The van der Waals surface area contributed by atoms with E-state index in [1.54, 1.807) is 6.92 Å². The molecular formula is C7H8F2N2OS. The van der Waals surface area contributed by atoms with Crippen LogP contribution < -0.4 is 5.73 Å². The molecule has 0 aliphatic rings. The van der Waals surface area contributed by atoms with E-state index in [-0.39, 0.29) is 11.6 Å². The molecule has 1 rings (SSSR count). The highest BCUT2D eigenvalue weighted by Gasteiger charge is 2.22. The van der Waals surface area contributed by atoms with Crippen LogP contribution in [0.25, 0.3) is 0 Å². The van der Waals surface area contributed by atoms with Gasteiger partial charge in [-0.05, 0) is 6.92 Å². The van der Waals surface area contributed by atoms with Gasteiger partial charge in [0.05, 0.1) is 5.69 Å². The molecule has 0 aliphatic heterocycles. The van der Waals surface area contributed by atoms with Gasteiger partial charge in [0.15, 0.2) is 5.01 Å². The summed E-state index contributed by atoms with van der Waals surface area (Å²) in [4.78, 5) is 15.2. The van der Waals surface area contributed by atoms with Crippen molar-refractivity contribution in [1.82, 2.24) is 4.98 Å². The van der Waals surface area contributed by atoms with Crippen molar-refractivity contribution in [2.75, 3.05) is 0 Å². The van der Waals surface area contributed by atoms with Crippen LogP contribution in [0, 0.1) is 6.92 Å². The number of rotatable bonds is 3. The van der Waals surface area contributed by atoms with Gasteiger partial charge >= 0.3 is 6.43 Å². The van der Waals surface area contributed by atoms with Crippen LogP contribution >= 0.6 is 11.3 Å². The van der Waals surface area contributed by atoms with E-state index in [9.17, 15) is 13.6 Å². The van der Waals surface area contributed by atoms with Crippen LogP contribution in [0.4, 0.5) is 8.78 Å². The van der Waals surface area contributed by atoms with E-state index >= 15 is 0 Å². The van der Waals surface area contributed by atoms with Gasteiger partial charge in [-0.15, -0.1) is 11.3 Å². The van der Waals surface area contributed by atoms with Gasteiger partial charge in [-0.3, -0.25) is 4.79 Å². The summed E-state index contributed by atoms with van der Waals surface area (Å²) in [5, 5.41) is -0.159. The molecule has 1 aromatic rings. The first-order valence-electron chi connectivity index (χ1n) is 3.55. The second-order valence-corrected chi connectivity index (χ2v) is 3.48. The molecule has 72 valence electrons. The summed E-state index contributed by atoms with van der Waals surface area (Å²) in [6, 6.07) is 0. The van der Waals surface area contributed by atoms with Gasteiger partial charge in [0.1, 0.15) is 0 Å². The number of nitrogens with zero attached hydrogens (tertiary/aromatic N) is 1. The van der Waals surface area contributed by atoms with Crippen molar-refractivity contribution in [3.05, 3.63) is 15.6 Å². The second kappa shape index (κ2) is 3.89. The van der Waals surface area contributed by atoms with E-state index in [0.29, 0.717) is 10.6 Å². The number of aromatic nitrogens is 1. The molecule has 0 aliphatic carbocycles. The predicted molar refractivity (Wildman–Crippen MR) is 45.1 cm³/mol. The molecule has 0 aromatic carbocycles. The standard InChI is InChI=1S/C7H8F2N2OS/c1-3-4(2-10)13-7(11-3)5(12)6(8)9/h6H,2,10H2,1H3. The van der Waals surface area contributed by atoms with Gasteiger partial charge in [-0.25, -0.2) is 13.8 Å². The topological polar surface area (TPSA) is 56.0 Å². The summed E-state index contributed by atoms with van der Waals surface area (Å²) < 4.78 is 23.9. The third-order valence-corrected chi connectivity index (χ3v) is 2.68. The number of aryl methyl sites for hydroxylation is 1. The molecule has 1 heterocycles. The highest BCUT2D eigenvalue weighted by molar-refractivity contribution is 7.13. The Labute approximate surface area is 77.6 Å². The van der Waals surface area contributed by atoms with Crippen molar-refractivity contribution < 1.29 is 13.6 Å². The number of alkyl halides is 2. The number of ketones is 1. The van der Waals surface area contributed by atoms with Crippen LogP contribution in [0.5, 0.6) is 0 Å². The average Bonchev–Trinajstić information content (AvgIpc) is 2.45. The zero-order chi connectivity index (χ0) is 10.0. The number of carbonyl (C=O) groups excluding carboxylic acids is 1. The van der Waals surface area contributed by atoms with Crippen molar-refractivity contribution in [2.24, 2.45) is 5.73 Å². The summed E-state index contributed by atoms with van der Waals surface area (Å²) >= 11 is 0.930. The molecule has 13 heavy (non-hydrogen) atoms. The minimum Gasteiger partial charge on any atom is -0.326 e. The van der Waals surface area contributed by atoms with Gasteiger partial charge in [0.25, 0.3) is 5.78 Å². The molecule has 0 amide bonds. The third kappa shape index (κ3) is 2.07. The molecule has 0 radical (unpaired) electrons. The minimum absolute atomic E-state index is 0.159. The highest BCUT2D eigenvalue weighted by Crippen LogP contribution is 2.19. The summed E-state index contributed by atoms with van der Waals surface area (Å²) in [6.45, 7) is 1.86. The molecular weight excluding hydrogens is 198 g/mol. The molecule has 0 atom stereocenters. The van der Waals surface area contributed by atoms with Crippen molar-refractivity contribution in [1.29, 1.82) is 0 Å². The lowest BCUT2D eigenvalue weighted by molar-refractivity contribution is 0.0678. The van der Waals surface area contributed by atoms with Crippen molar-refractivity contribution >= 4 is 17.1 Å². The van der Waals surface area contributed by atoms with Gasteiger partial charge in [-0.2, -0.15) is 0 Å². The molecule has 0 unspecified atom stereocenters. The van der Waals surface area contributed by atoms with Gasteiger partial charge < -0.3 is 5.73 Å². The van der Waals surface area contributed by atoms with E-state index in [1.807, 2.05) is 0 Å². The first kappa shape index (κ1) is 10.2. The Morgan fingerprint density at radius 3 is 2.69 bits per heavy atom. The molecule has 3 nitrogen and oxygen atoms in total. The summed E-state index contributed by atoms with van der Waals surface area (Å²) in [7, 11) is 0. The number of hydrogen-bond donors (Lipinski definition) is 1. The molecule has 0 saturated carbocycles. The summed E-state index contributed by atoms with van der Waals surface area (Å²) in [6.07, 6.45) is -2.99. The minimum atomic E-state index is -2.99. The molecule has 6 heteroatoms. The lowest BCUT2D eigenvalue weighted by Gasteiger charge is -1.90. The maximum absolute atomic E-state index is 11.9.